The van der Waals surface area contributed by atoms with Crippen LogP contribution in [-0.2, 0) is 12.2 Å². The van der Waals surface area contributed by atoms with E-state index in [0.717, 1.165) is 12.1 Å². The fourth-order valence-electron chi connectivity index (χ4n) is 2.81. The maximum atomic E-state index is 15.1. The summed E-state index contributed by atoms with van der Waals surface area (Å²) in [5.74, 6) is -2.07. The van der Waals surface area contributed by atoms with Crippen LogP contribution in [-0.4, -0.2) is 38.9 Å². The molecule has 0 saturated carbocycles. The molecule has 8 heteroatoms. The van der Waals surface area contributed by atoms with Crippen molar-refractivity contribution in [2.75, 3.05) is 13.1 Å². The molecule has 1 aromatic heterocycles. The number of halogens is 3. The van der Waals surface area contributed by atoms with Gasteiger partial charge in [-0.05, 0) is 24.6 Å². The van der Waals surface area contributed by atoms with E-state index >= 15 is 4.39 Å². The number of carbonyl (C=O) groups is 1. The zero-order valence-corrected chi connectivity index (χ0v) is 12.5. The van der Waals surface area contributed by atoms with Crippen LogP contribution < -0.4 is 0 Å². The van der Waals surface area contributed by atoms with Gasteiger partial charge >= 0.3 is 0 Å². The van der Waals surface area contributed by atoms with E-state index in [1.807, 2.05) is 6.92 Å². The van der Waals surface area contributed by atoms with Crippen LogP contribution in [0.15, 0.2) is 24.4 Å². The standard InChI is InChI=1S/C15H15F3N4O/c1-2-22-13(8-19-20-22)14(23)21-4-3-15(18,9-21)10-5-11(16)7-12(17)6-10/h5-8H,2-4,9H2,1H3. The third kappa shape index (κ3) is 2.80. The molecule has 0 bridgehead atoms. The van der Waals surface area contributed by atoms with E-state index in [2.05, 4.69) is 10.3 Å². The second-order valence-electron chi connectivity index (χ2n) is 5.54. The molecule has 1 fully saturated rings. The summed E-state index contributed by atoms with van der Waals surface area (Å²) in [6.07, 6.45) is 1.31. The van der Waals surface area contributed by atoms with Crippen molar-refractivity contribution in [3.8, 4) is 0 Å². The molecule has 0 N–H and O–H groups in total. The van der Waals surface area contributed by atoms with Crippen molar-refractivity contribution < 1.29 is 18.0 Å². The summed E-state index contributed by atoms with van der Waals surface area (Å²) in [5, 5.41) is 7.45. The number of aromatic nitrogens is 3. The summed E-state index contributed by atoms with van der Waals surface area (Å²) >= 11 is 0. The first-order chi connectivity index (χ1) is 10.9. The summed E-state index contributed by atoms with van der Waals surface area (Å²) in [6, 6.07) is 2.63. The van der Waals surface area contributed by atoms with Crippen LogP contribution in [0.25, 0.3) is 0 Å². The molecule has 2 aromatic rings. The number of carbonyl (C=O) groups excluding carboxylic acids is 1. The largest absolute Gasteiger partial charge is 0.334 e. The Morgan fingerprint density at radius 1 is 1.30 bits per heavy atom. The maximum absolute atomic E-state index is 15.1. The molecular weight excluding hydrogens is 309 g/mol. The SMILES string of the molecule is CCn1nncc1C(=O)N1CCC(F)(c2cc(F)cc(F)c2)C1. The van der Waals surface area contributed by atoms with Crippen LogP contribution in [0, 0.1) is 11.6 Å². The molecular formula is C15H15F3N4O. The summed E-state index contributed by atoms with van der Waals surface area (Å²) < 4.78 is 43.1. The van der Waals surface area contributed by atoms with Gasteiger partial charge in [0.2, 0.25) is 0 Å². The highest BCUT2D eigenvalue weighted by Crippen LogP contribution is 2.37. The second kappa shape index (κ2) is 5.68. The minimum Gasteiger partial charge on any atom is -0.334 e. The molecule has 3 rings (SSSR count). The van der Waals surface area contributed by atoms with Gasteiger partial charge in [-0.2, -0.15) is 0 Å². The molecule has 1 aromatic carbocycles. The molecule has 1 amide bonds. The van der Waals surface area contributed by atoms with Crippen molar-refractivity contribution in [3.63, 3.8) is 0 Å². The lowest BCUT2D eigenvalue weighted by Crippen LogP contribution is -2.33. The van der Waals surface area contributed by atoms with E-state index < -0.39 is 23.2 Å². The zero-order valence-electron chi connectivity index (χ0n) is 12.5. The summed E-state index contributed by atoms with van der Waals surface area (Å²) in [7, 11) is 0. The Hall–Kier alpha value is -2.38. The van der Waals surface area contributed by atoms with E-state index in [1.165, 1.54) is 15.8 Å². The number of alkyl halides is 1. The number of amides is 1. The Morgan fingerprint density at radius 2 is 2.00 bits per heavy atom. The van der Waals surface area contributed by atoms with E-state index in [1.54, 1.807) is 0 Å². The summed E-state index contributed by atoms with van der Waals surface area (Å²) in [6.45, 7) is 2.17. The Bertz CT molecular complexity index is 728. The smallest absolute Gasteiger partial charge is 0.273 e. The lowest BCUT2D eigenvalue weighted by molar-refractivity contribution is 0.0738. The molecule has 0 aliphatic carbocycles. The van der Waals surface area contributed by atoms with Gasteiger partial charge in [-0.15, -0.1) is 5.10 Å². The Balaban J connectivity index is 1.83. The average Bonchev–Trinajstić information content (AvgIpc) is 3.12. The second-order valence-corrected chi connectivity index (χ2v) is 5.54. The number of likely N-dealkylation sites (tertiary alicyclic amines) is 1. The number of rotatable bonds is 3. The number of hydrogen-bond donors (Lipinski definition) is 0. The van der Waals surface area contributed by atoms with Crippen LogP contribution in [0.4, 0.5) is 13.2 Å². The van der Waals surface area contributed by atoms with Crippen molar-refractivity contribution >= 4 is 5.91 Å². The lowest BCUT2D eigenvalue weighted by atomic mass is 9.95. The first-order valence-electron chi connectivity index (χ1n) is 7.26. The Morgan fingerprint density at radius 3 is 2.65 bits per heavy atom. The van der Waals surface area contributed by atoms with Crippen LogP contribution >= 0.6 is 0 Å². The predicted octanol–water partition coefficient (Wildman–Crippen LogP) is 2.29. The minimum atomic E-state index is -1.97. The fourth-order valence-corrected chi connectivity index (χ4v) is 2.81. The summed E-state index contributed by atoms with van der Waals surface area (Å²) in [5.41, 5.74) is -1.79. The van der Waals surface area contributed by atoms with Gasteiger partial charge in [0, 0.05) is 25.6 Å². The van der Waals surface area contributed by atoms with E-state index in [4.69, 9.17) is 0 Å². The normalized spacial score (nSPS) is 21.0. The van der Waals surface area contributed by atoms with Gasteiger partial charge in [-0.25, -0.2) is 17.9 Å². The third-order valence-corrected chi connectivity index (χ3v) is 4.02. The molecule has 1 aliphatic heterocycles. The molecule has 1 saturated heterocycles. The first kappa shape index (κ1) is 15.5. The van der Waals surface area contributed by atoms with Gasteiger partial charge in [0.05, 0.1) is 12.7 Å². The quantitative estimate of drug-likeness (QED) is 0.870. The highest BCUT2D eigenvalue weighted by molar-refractivity contribution is 5.92. The van der Waals surface area contributed by atoms with Gasteiger partial charge in [0.1, 0.15) is 17.3 Å². The van der Waals surface area contributed by atoms with Gasteiger partial charge in [0.15, 0.2) is 5.67 Å². The molecule has 1 atom stereocenters. The molecule has 2 heterocycles. The topological polar surface area (TPSA) is 51.0 Å². The zero-order chi connectivity index (χ0) is 16.6. The molecule has 0 spiro atoms. The highest BCUT2D eigenvalue weighted by atomic mass is 19.1. The maximum Gasteiger partial charge on any atom is 0.273 e. The molecule has 122 valence electrons. The van der Waals surface area contributed by atoms with Crippen LogP contribution in [0.5, 0.6) is 0 Å². The van der Waals surface area contributed by atoms with Crippen LogP contribution in [0.2, 0.25) is 0 Å². The highest BCUT2D eigenvalue weighted by Gasteiger charge is 2.43. The van der Waals surface area contributed by atoms with Crippen molar-refractivity contribution in [2.45, 2.75) is 25.6 Å². The van der Waals surface area contributed by atoms with E-state index in [0.29, 0.717) is 12.6 Å². The fraction of sp³-hybridized carbons (Fsp3) is 0.400. The third-order valence-electron chi connectivity index (χ3n) is 4.02. The molecule has 1 unspecified atom stereocenters. The number of hydrogen-bond acceptors (Lipinski definition) is 3. The minimum absolute atomic E-state index is 0.0185. The van der Waals surface area contributed by atoms with Gasteiger partial charge in [-0.3, -0.25) is 4.79 Å². The molecule has 5 nitrogen and oxygen atoms in total. The number of nitrogens with zero attached hydrogens (tertiary/aromatic N) is 4. The molecule has 1 aliphatic rings. The molecule has 0 radical (unpaired) electrons. The summed E-state index contributed by atoms with van der Waals surface area (Å²) in [4.78, 5) is 13.8. The predicted molar refractivity (Wildman–Crippen MR) is 75.4 cm³/mol. The van der Waals surface area contributed by atoms with Gasteiger partial charge in [-0.1, -0.05) is 5.21 Å². The van der Waals surface area contributed by atoms with Crippen molar-refractivity contribution in [1.82, 2.24) is 19.9 Å². The van der Waals surface area contributed by atoms with Crippen LogP contribution in [0.3, 0.4) is 0 Å². The van der Waals surface area contributed by atoms with E-state index in [-0.39, 0.29) is 30.8 Å². The van der Waals surface area contributed by atoms with Crippen molar-refractivity contribution in [3.05, 3.63) is 47.3 Å². The van der Waals surface area contributed by atoms with Crippen molar-refractivity contribution in [1.29, 1.82) is 0 Å². The van der Waals surface area contributed by atoms with E-state index in [9.17, 15) is 13.6 Å². The van der Waals surface area contributed by atoms with Gasteiger partial charge in [0.25, 0.3) is 5.91 Å². The van der Waals surface area contributed by atoms with Crippen molar-refractivity contribution in [2.24, 2.45) is 0 Å². The lowest BCUT2D eigenvalue weighted by Gasteiger charge is -2.21. The number of benzene rings is 1. The molecule has 23 heavy (non-hydrogen) atoms. The number of aryl methyl sites for hydroxylation is 1. The Kier molecular flexibility index (Phi) is 3.83. The average molecular weight is 324 g/mol. The Labute approximate surface area is 130 Å². The monoisotopic (exact) mass is 324 g/mol. The van der Waals surface area contributed by atoms with Crippen LogP contribution in [0.1, 0.15) is 29.4 Å². The van der Waals surface area contributed by atoms with Gasteiger partial charge < -0.3 is 4.90 Å². The first-order valence-corrected chi connectivity index (χ1v) is 7.26.